The molecule has 5 heteroatoms. The maximum absolute atomic E-state index is 11.7. The van der Waals surface area contributed by atoms with Gasteiger partial charge in [0.2, 0.25) is 5.91 Å². The number of nitrogens with zero attached hydrogens (tertiary/aromatic N) is 1. The van der Waals surface area contributed by atoms with E-state index in [4.69, 9.17) is 22.7 Å². The highest BCUT2D eigenvalue weighted by molar-refractivity contribution is 7.80. The first kappa shape index (κ1) is 12.4. The second-order valence-electron chi connectivity index (χ2n) is 4.61. The molecule has 0 aromatic heterocycles. The number of hydrogen-bond acceptors (Lipinski definition) is 3. The van der Waals surface area contributed by atoms with Crippen LogP contribution in [0.3, 0.4) is 0 Å². The first-order valence-corrected chi connectivity index (χ1v) is 5.45. The Hall–Kier alpha value is -0.680. The number of nitrogens with two attached hydrogens (primary N) is 1. The highest BCUT2D eigenvalue weighted by Crippen LogP contribution is 2.21. The van der Waals surface area contributed by atoms with Crippen LogP contribution in [0.5, 0.6) is 0 Å². The molecule has 0 aromatic carbocycles. The Kier molecular flexibility index (Phi) is 3.67. The van der Waals surface area contributed by atoms with Gasteiger partial charge in [-0.2, -0.15) is 0 Å². The van der Waals surface area contributed by atoms with E-state index in [0.29, 0.717) is 13.1 Å². The van der Waals surface area contributed by atoms with Gasteiger partial charge in [0.05, 0.1) is 23.1 Å². The number of carbonyl (C=O) groups is 1. The summed E-state index contributed by atoms with van der Waals surface area (Å²) in [6.07, 6.45) is 0.210. The van der Waals surface area contributed by atoms with Crippen molar-refractivity contribution in [3.63, 3.8) is 0 Å². The van der Waals surface area contributed by atoms with Gasteiger partial charge in [0.25, 0.3) is 0 Å². The lowest BCUT2D eigenvalue weighted by Crippen LogP contribution is -2.54. The molecule has 0 spiro atoms. The van der Waals surface area contributed by atoms with E-state index in [1.165, 1.54) is 0 Å². The van der Waals surface area contributed by atoms with Gasteiger partial charge in [-0.05, 0) is 20.8 Å². The van der Waals surface area contributed by atoms with Crippen molar-refractivity contribution < 1.29 is 9.53 Å². The average molecular weight is 230 g/mol. The molecule has 1 heterocycles. The number of thiocarbonyl (C=S) groups is 1. The van der Waals surface area contributed by atoms with Crippen molar-refractivity contribution in [1.29, 1.82) is 0 Å². The Balaban J connectivity index is 2.62. The summed E-state index contributed by atoms with van der Waals surface area (Å²) in [5.74, 6) is -0.00859. The first-order valence-electron chi connectivity index (χ1n) is 5.04. The number of hydrogen-bond donors (Lipinski definition) is 1. The molecule has 1 unspecified atom stereocenters. The third-order valence-corrected chi connectivity index (χ3v) is 2.39. The maximum Gasteiger partial charge on any atom is 0.229 e. The molecule has 86 valence electrons. The van der Waals surface area contributed by atoms with Gasteiger partial charge in [-0.3, -0.25) is 4.79 Å². The lowest BCUT2D eigenvalue weighted by molar-refractivity contribution is -0.157. The molecule has 1 aliphatic rings. The first-order chi connectivity index (χ1) is 6.80. The van der Waals surface area contributed by atoms with Crippen LogP contribution in [0.25, 0.3) is 0 Å². The van der Waals surface area contributed by atoms with E-state index in [0.717, 1.165) is 0 Å². The zero-order valence-corrected chi connectivity index (χ0v) is 10.3. The fourth-order valence-corrected chi connectivity index (χ4v) is 2.03. The molecule has 4 nitrogen and oxygen atoms in total. The largest absolute Gasteiger partial charge is 0.393 e. The molecule has 1 atom stereocenters. The monoisotopic (exact) mass is 230 g/mol. The molecule has 0 saturated carbocycles. The smallest absolute Gasteiger partial charge is 0.229 e. The molecule has 0 aromatic rings. The third-order valence-electron chi connectivity index (χ3n) is 2.25. The van der Waals surface area contributed by atoms with Crippen LogP contribution in [-0.4, -0.2) is 40.6 Å². The van der Waals surface area contributed by atoms with E-state index in [-0.39, 0.29) is 29.0 Å². The normalized spacial score (nSPS) is 25.0. The molecule has 1 saturated heterocycles. The van der Waals surface area contributed by atoms with Gasteiger partial charge in [-0.25, -0.2) is 0 Å². The molecule has 1 rings (SSSR count). The van der Waals surface area contributed by atoms with Crippen LogP contribution >= 0.6 is 12.2 Å². The van der Waals surface area contributed by atoms with Crippen LogP contribution in [0.4, 0.5) is 0 Å². The van der Waals surface area contributed by atoms with Gasteiger partial charge in [-0.15, -0.1) is 0 Å². The van der Waals surface area contributed by atoms with E-state index in [2.05, 4.69) is 0 Å². The number of ether oxygens (including phenoxy) is 1. The van der Waals surface area contributed by atoms with Gasteiger partial charge in [0.15, 0.2) is 0 Å². The molecule has 0 aliphatic carbocycles. The van der Waals surface area contributed by atoms with Crippen molar-refractivity contribution >= 4 is 23.1 Å². The third kappa shape index (κ3) is 3.76. The highest BCUT2D eigenvalue weighted by atomic mass is 32.1. The van der Waals surface area contributed by atoms with Crippen LogP contribution in [0.2, 0.25) is 0 Å². The number of morpholine rings is 1. The maximum atomic E-state index is 11.7. The Bertz CT molecular complexity index is 279. The van der Waals surface area contributed by atoms with Crippen molar-refractivity contribution in [2.45, 2.75) is 38.9 Å². The van der Waals surface area contributed by atoms with Gasteiger partial charge in [0.1, 0.15) is 0 Å². The minimum Gasteiger partial charge on any atom is -0.393 e. The van der Waals surface area contributed by atoms with Crippen molar-refractivity contribution in [3.05, 3.63) is 0 Å². The lowest BCUT2D eigenvalue weighted by Gasteiger charge is -2.41. The van der Waals surface area contributed by atoms with Gasteiger partial charge < -0.3 is 15.4 Å². The van der Waals surface area contributed by atoms with Crippen LogP contribution in [-0.2, 0) is 9.53 Å². The van der Waals surface area contributed by atoms with Gasteiger partial charge >= 0.3 is 0 Å². The molecule has 0 bridgehead atoms. The van der Waals surface area contributed by atoms with Crippen molar-refractivity contribution in [2.75, 3.05) is 13.1 Å². The highest BCUT2D eigenvalue weighted by Gasteiger charge is 2.33. The molecule has 2 N–H and O–H groups in total. The molecule has 0 radical (unpaired) electrons. The zero-order chi connectivity index (χ0) is 11.6. The Labute approximate surface area is 95.8 Å². The summed E-state index contributed by atoms with van der Waals surface area (Å²) in [7, 11) is 0. The fraction of sp³-hybridized carbons (Fsp3) is 0.800. The lowest BCUT2D eigenvalue weighted by atomic mass is 10.1. The van der Waals surface area contributed by atoms with E-state index in [9.17, 15) is 4.79 Å². The van der Waals surface area contributed by atoms with E-state index in [1.54, 1.807) is 4.90 Å². The molecular weight excluding hydrogens is 212 g/mol. The molecule has 1 aliphatic heterocycles. The van der Waals surface area contributed by atoms with Crippen LogP contribution in [0.1, 0.15) is 27.2 Å². The summed E-state index contributed by atoms with van der Waals surface area (Å²) in [6, 6.07) is 0. The molecule has 1 fully saturated rings. The van der Waals surface area contributed by atoms with Gasteiger partial charge in [0, 0.05) is 13.1 Å². The second-order valence-corrected chi connectivity index (χ2v) is 5.13. The van der Waals surface area contributed by atoms with Crippen molar-refractivity contribution in [2.24, 2.45) is 5.73 Å². The van der Waals surface area contributed by atoms with Crippen LogP contribution in [0, 0.1) is 0 Å². The number of carbonyl (C=O) groups excluding carboxylic acids is 1. The summed E-state index contributed by atoms with van der Waals surface area (Å²) in [4.78, 5) is 13.8. The van der Waals surface area contributed by atoms with Crippen molar-refractivity contribution in [1.82, 2.24) is 4.90 Å². The fourth-order valence-electron chi connectivity index (χ4n) is 1.90. The Morgan fingerprint density at radius 2 is 2.27 bits per heavy atom. The predicted molar refractivity (Wildman–Crippen MR) is 62.6 cm³/mol. The second kappa shape index (κ2) is 4.45. The summed E-state index contributed by atoms with van der Waals surface area (Å²) in [5.41, 5.74) is 5.07. The van der Waals surface area contributed by atoms with E-state index < -0.39 is 0 Å². The zero-order valence-electron chi connectivity index (χ0n) is 9.45. The van der Waals surface area contributed by atoms with Crippen molar-refractivity contribution in [3.8, 4) is 0 Å². The average Bonchev–Trinajstić information content (AvgIpc) is 1.98. The quantitative estimate of drug-likeness (QED) is 0.709. The molecule has 15 heavy (non-hydrogen) atoms. The van der Waals surface area contributed by atoms with E-state index in [1.807, 2.05) is 20.8 Å². The van der Waals surface area contributed by atoms with E-state index >= 15 is 0 Å². The minimum absolute atomic E-state index is 0.00859. The summed E-state index contributed by atoms with van der Waals surface area (Å²) in [5, 5.41) is 0. The van der Waals surface area contributed by atoms with Gasteiger partial charge in [-0.1, -0.05) is 12.2 Å². The molecular formula is C10H18N2O2S. The number of rotatable bonds is 2. The van der Waals surface area contributed by atoms with Crippen LogP contribution < -0.4 is 5.73 Å². The minimum atomic E-state index is -0.288. The predicted octanol–water partition coefficient (Wildman–Crippen LogP) is 0.688. The SMILES string of the molecule is CC1CN(C(=O)CC(N)=S)CC(C)(C)O1. The summed E-state index contributed by atoms with van der Waals surface area (Å²) >= 11 is 4.73. The summed E-state index contributed by atoms with van der Waals surface area (Å²) in [6.45, 7) is 7.12. The Morgan fingerprint density at radius 3 is 2.73 bits per heavy atom. The summed E-state index contributed by atoms with van der Waals surface area (Å²) < 4.78 is 5.70. The molecule has 1 amide bonds. The standard InChI is InChI=1S/C10H18N2O2S/c1-7-5-12(6-10(2,3)14-7)9(13)4-8(11)15/h7H,4-6H2,1-3H3,(H2,11,15). The number of amides is 1. The Morgan fingerprint density at radius 1 is 1.67 bits per heavy atom. The van der Waals surface area contributed by atoms with Crippen LogP contribution in [0.15, 0.2) is 0 Å². The topological polar surface area (TPSA) is 55.6 Å².